The molecule has 0 saturated heterocycles. The minimum Gasteiger partial charge on any atom is -0.383 e. The lowest BCUT2D eigenvalue weighted by atomic mass is 10.1. The summed E-state index contributed by atoms with van der Waals surface area (Å²) >= 11 is 0. The van der Waals surface area contributed by atoms with E-state index >= 15 is 0 Å². The fourth-order valence-corrected chi connectivity index (χ4v) is 1.88. The van der Waals surface area contributed by atoms with Crippen molar-refractivity contribution in [2.75, 3.05) is 13.7 Å². The second-order valence-corrected chi connectivity index (χ2v) is 4.44. The van der Waals surface area contributed by atoms with Crippen molar-refractivity contribution in [1.29, 1.82) is 0 Å². The number of nitrogens with two attached hydrogens (primary N) is 1. The zero-order valence-electron chi connectivity index (χ0n) is 11.7. The summed E-state index contributed by atoms with van der Waals surface area (Å²) in [6, 6.07) is 3.64. The zero-order valence-corrected chi connectivity index (χ0v) is 11.7. The summed E-state index contributed by atoms with van der Waals surface area (Å²) in [5.41, 5.74) is 8.26. The Balaban J connectivity index is 2.33. The summed E-state index contributed by atoms with van der Waals surface area (Å²) in [6.45, 7) is 3.27. The van der Waals surface area contributed by atoms with Crippen LogP contribution in [0.15, 0.2) is 24.5 Å². The number of primary amides is 1. The van der Waals surface area contributed by atoms with Crippen molar-refractivity contribution in [2.45, 2.75) is 19.9 Å². The van der Waals surface area contributed by atoms with E-state index in [1.54, 1.807) is 24.1 Å². The summed E-state index contributed by atoms with van der Waals surface area (Å²) < 4.78 is 6.82. The molecular weight excluding hydrogens is 256 g/mol. The van der Waals surface area contributed by atoms with Gasteiger partial charge in [-0.15, -0.1) is 0 Å². The lowest BCUT2D eigenvalue weighted by Gasteiger charge is -2.04. The Labute approximate surface area is 117 Å². The molecule has 2 N–H and O–H groups in total. The fourth-order valence-electron chi connectivity index (χ4n) is 1.88. The number of aryl methyl sites for hydroxylation is 1. The first-order chi connectivity index (χ1) is 9.63. The number of hydrogen-bond acceptors (Lipinski definition) is 4. The van der Waals surface area contributed by atoms with Crippen LogP contribution in [0.2, 0.25) is 0 Å². The van der Waals surface area contributed by atoms with Gasteiger partial charge in [-0.3, -0.25) is 9.48 Å². The molecule has 0 unspecified atom stereocenters. The first-order valence-corrected chi connectivity index (χ1v) is 6.46. The van der Waals surface area contributed by atoms with Crippen LogP contribution in [0.25, 0.3) is 11.1 Å². The van der Waals surface area contributed by atoms with Gasteiger partial charge in [-0.05, 0) is 24.1 Å². The summed E-state index contributed by atoms with van der Waals surface area (Å²) in [6.07, 6.45) is 4.42. The van der Waals surface area contributed by atoms with Crippen LogP contribution in [0, 0.1) is 0 Å². The highest BCUT2D eigenvalue weighted by Gasteiger charge is 2.09. The van der Waals surface area contributed by atoms with Gasteiger partial charge in [-0.25, -0.2) is 4.98 Å². The number of methoxy groups -OCH3 is 1. The number of amides is 1. The molecule has 0 fully saturated rings. The van der Waals surface area contributed by atoms with Crippen molar-refractivity contribution in [3.63, 3.8) is 0 Å². The normalized spacial score (nSPS) is 10.7. The van der Waals surface area contributed by atoms with E-state index in [9.17, 15) is 4.79 Å². The van der Waals surface area contributed by atoms with E-state index in [2.05, 4.69) is 10.1 Å². The molecule has 6 heteroatoms. The van der Waals surface area contributed by atoms with Crippen molar-refractivity contribution >= 4 is 5.91 Å². The number of rotatable bonds is 6. The van der Waals surface area contributed by atoms with E-state index in [1.807, 2.05) is 19.2 Å². The number of carbonyl (C=O) groups excluding carboxylic acids is 1. The Morgan fingerprint density at radius 2 is 2.20 bits per heavy atom. The van der Waals surface area contributed by atoms with Gasteiger partial charge in [0.15, 0.2) is 0 Å². The second kappa shape index (κ2) is 6.29. The maximum Gasteiger partial charge on any atom is 0.267 e. The summed E-state index contributed by atoms with van der Waals surface area (Å²) in [5, 5.41) is 4.26. The number of aromatic nitrogens is 3. The maximum atomic E-state index is 11.3. The molecule has 0 radical (unpaired) electrons. The van der Waals surface area contributed by atoms with Crippen LogP contribution in [0.4, 0.5) is 0 Å². The zero-order chi connectivity index (χ0) is 14.5. The molecule has 0 aliphatic heterocycles. The van der Waals surface area contributed by atoms with Gasteiger partial charge in [-0.1, -0.05) is 6.92 Å². The SMILES string of the molecule is CCc1cc(-c2cnn(CCOC)c2)cc(C(N)=O)n1. The molecule has 2 aromatic heterocycles. The highest BCUT2D eigenvalue weighted by molar-refractivity contribution is 5.92. The van der Waals surface area contributed by atoms with Crippen molar-refractivity contribution in [1.82, 2.24) is 14.8 Å². The molecule has 0 atom stereocenters. The van der Waals surface area contributed by atoms with Crippen LogP contribution >= 0.6 is 0 Å². The molecule has 2 heterocycles. The molecule has 20 heavy (non-hydrogen) atoms. The first-order valence-electron chi connectivity index (χ1n) is 6.46. The molecule has 0 spiro atoms. The Kier molecular flexibility index (Phi) is 4.47. The van der Waals surface area contributed by atoms with E-state index < -0.39 is 5.91 Å². The minimum atomic E-state index is -0.520. The summed E-state index contributed by atoms with van der Waals surface area (Å²) in [7, 11) is 1.65. The molecule has 0 aromatic carbocycles. The third-order valence-electron chi connectivity index (χ3n) is 2.98. The predicted octanol–water partition coefficient (Wildman–Crippen LogP) is 1.25. The van der Waals surface area contributed by atoms with Crippen LogP contribution in [-0.4, -0.2) is 34.4 Å². The standard InChI is InChI=1S/C14H18N4O2/c1-3-12-6-10(7-13(17-12)14(15)19)11-8-16-18(9-11)4-5-20-2/h6-9H,3-5H2,1-2H3,(H2,15,19). The van der Waals surface area contributed by atoms with Crippen molar-refractivity contribution in [3.05, 3.63) is 35.9 Å². The molecule has 0 aliphatic rings. The largest absolute Gasteiger partial charge is 0.383 e. The third kappa shape index (κ3) is 3.21. The molecule has 0 bridgehead atoms. The molecule has 2 aromatic rings. The molecule has 106 valence electrons. The van der Waals surface area contributed by atoms with E-state index in [4.69, 9.17) is 10.5 Å². The van der Waals surface area contributed by atoms with Gasteiger partial charge in [0, 0.05) is 24.6 Å². The summed E-state index contributed by atoms with van der Waals surface area (Å²) in [4.78, 5) is 15.5. The Morgan fingerprint density at radius 1 is 1.40 bits per heavy atom. The molecule has 0 aliphatic carbocycles. The smallest absolute Gasteiger partial charge is 0.267 e. The highest BCUT2D eigenvalue weighted by Crippen LogP contribution is 2.20. The van der Waals surface area contributed by atoms with Gasteiger partial charge in [0.1, 0.15) is 5.69 Å². The highest BCUT2D eigenvalue weighted by atomic mass is 16.5. The topological polar surface area (TPSA) is 83.0 Å². The Morgan fingerprint density at radius 3 is 2.85 bits per heavy atom. The molecule has 1 amide bonds. The lowest BCUT2D eigenvalue weighted by molar-refractivity contribution is 0.0995. The summed E-state index contributed by atoms with van der Waals surface area (Å²) in [5.74, 6) is -0.520. The van der Waals surface area contributed by atoms with Crippen molar-refractivity contribution in [3.8, 4) is 11.1 Å². The first kappa shape index (κ1) is 14.2. The van der Waals surface area contributed by atoms with Crippen LogP contribution in [0.5, 0.6) is 0 Å². The minimum absolute atomic E-state index is 0.281. The van der Waals surface area contributed by atoms with Gasteiger partial charge >= 0.3 is 0 Å². The van der Waals surface area contributed by atoms with Crippen LogP contribution < -0.4 is 5.73 Å². The molecule has 0 saturated carbocycles. The lowest BCUT2D eigenvalue weighted by Crippen LogP contribution is -2.14. The quantitative estimate of drug-likeness (QED) is 0.859. The molecular formula is C14H18N4O2. The number of ether oxygens (including phenoxy) is 1. The number of nitrogens with zero attached hydrogens (tertiary/aromatic N) is 3. The Hall–Kier alpha value is -2.21. The van der Waals surface area contributed by atoms with Crippen LogP contribution in [0.3, 0.4) is 0 Å². The third-order valence-corrected chi connectivity index (χ3v) is 2.98. The number of carbonyl (C=O) groups is 1. The van der Waals surface area contributed by atoms with Gasteiger partial charge in [0.25, 0.3) is 5.91 Å². The average molecular weight is 274 g/mol. The number of pyridine rings is 1. The van der Waals surface area contributed by atoms with E-state index in [-0.39, 0.29) is 5.69 Å². The van der Waals surface area contributed by atoms with Gasteiger partial charge < -0.3 is 10.5 Å². The maximum absolute atomic E-state index is 11.3. The fraction of sp³-hybridized carbons (Fsp3) is 0.357. The van der Waals surface area contributed by atoms with Crippen LogP contribution in [0.1, 0.15) is 23.1 Å². The van der Waals surface area contributed by atoms with Crippen molar-refractivity contribution < 1.29 is 9.53 Å². The van der Waals surface area contributed by atoms with Gasteiger partial charge in [0.2, 0.25) is 0 Å². The van der Waals surface area contributed by atoms with Gasteiger partial charge in [-0.2, -0.15) is 5.10 Å². The monoisotopic (exact) mass is 274 g/mol. The second-order valence-electron chi connectivity index (χ2n) is 4.44. The molecule has 6 nitrogen and oxygen atoms in total. The Bertz CT molecular complexity index is 607. The molecule has 2 rings (SSSR count). The van der Waals surface area contributed by atoms with Crippen LogP contribution in [-0.2, 0) is 17.7 Å². The van der Waals surface area contributed by atoms with E-state index in [0.29, 0.717) is 13.2 Å². The van der Waals surface area contributed by atoms with E-state index in [1.165, 1.54) is 0 Å². The average Bonchev–Trinajstić information content (AvgIpc) is 2.93. The predicted molar refractivity (Wildman–Crippen MR) is 75.2 cm³/mol. The van der Waals surface area contributed by atoms with E-state index in [0.717, 1.165) is 23.2 Å². The number of hydrogen-bond donors (Lipinski definition) is 1. The van der Waals surface area contributed by atoms with Gasteiger partial charge in [0.05, 0.1) is 19.3 Å². The van der Waals surface area contributed by atoms with Crippen molar-refractivity contribution in [2.24, 2.45) is 5.73 Å².